The topological polar surface area (TPSA) is 77.0 Å². The minimum Gasteiger partial charge on any atom is -0.396 e. The molecule has 0 radical (unpaired) electrons. The fourth-order valence-corrected chi connectivity index (χ4v) is 2.47. The van der Waals surface area contributed by atoms with Crippen molar-refractivity contribution < 1.29 is 5.11 Å². The molecule has 2 rings (SSSR count). The van der Waals surface area contributed by atoms with Crippen LogP contribution < -0.4 is 5.73 Å². The summed E-state index contributed by atoms with van der Waals surface area (Å²) in [4.78, 5) is 4.31. The van der Waals surface area contributed by atoms with E-state index in [1.54, 1.807) is 6.33 Å². The first-order chi connectivity index (χ1) is 8.25. The van der Waals surface area contributed by atoms with Gasteiger partial charge in [-0.1, -0.05) is 6.92 Å². The van der Waals surface area contributed by atoms with Crippen LogP contribution in [0.5, 0.6) is 0 Å². The van der Waals surface area contributed by atoms with Crippen molar-refractivity contribution in [1.82, 2.24) is 14.8 Å². The second-order valence-electron chi connectivity index (χ2n) is 5.08. The Labute approximate surface area is 102 Å². The smallest absolute Gasteiger partial charge is 0.138 e. The number of aliphatic hydroxyl groups excluding tert-OH is 1. The third kappa shape index (κ3) is 2.50. The molecule has 0 aliphatic heterocycles. The van der Waals surface area contributed by atoms with Gasteiger partial charge in [-0.2, -0.15) is 5.10 Å². The summed E-state index contributed by atoms with van der Waals surface area (Å²) in [6, 6.07) is 0. The molecular weight excluding hydrogens is 216 g/mol. The molecule has 1 aromatic rings. The summed E-state index contributed by atoms with van der Waals surface area (Å²) in [6.07, 6.45) is 5.73. The average molecular weight is 238 g/mol. The third-order valence-corrected chi connectivity index (χ3v) is 3.81. The number of hydrogen-bond acceptors (Lipinski definition) is 4. The van der Waals surface area contributed by atoms with Gasteiger partial charge in [0, 0.05) is 24.9 Å². The number of hydrogen-bond donors (Lipinski definition) is 2. The minimum atomic E-state index is -0.182. The molecule has 17 heavy (non-hydrogen) atoms. The van der Waals surface area contributed by atoms with Gasteiger partial charge in [0.25, 0.3) is 0 Å². The van der Waals surface area contributed by atoms with E-state index in [0.29, 0.717) is 12.5 Å². The number of nitrogens with two attached hydrogens (primary N) is 1. The Balaban J connectivity index is 2.13. The van der Waals surface area contributed by atoms with Crippen molar-refractivity contribution >= 4 is 0 Å². The van der Waals surface area contributed by atoms with Gasteiger partial charge in [-0.3, -0.25) is 4.68 Å². The van der Waals surface area contributed by atoms with Gasteiger partial charge in [-0.15, -0.1) is 0 Å². The maximum atomic E-state index is 9.67. The first kappa shape index (κ1) is 12.5. The van der Waals surface area contributed by atoms with Crippen molar-refractivity contribution in [2.75, 3.05) is 13.2 Å². The molecule has 3 N–H and O–H groups in total. The van der Waals surface area contributed by atoms with Crippen molar-refractivity contribution in [2.24, 2.45) is 17.1 Å². The van der Waals surface area contributed by atoms with Crippen LogP contribution in [0.25, 0.3) is 0 Å². The summed E-state index contributed by atoms with van der Waals surface area (Å²) in [5, 5.41) is 13.9. The molecule has 0 saturated heterocycles. The molecule has 1 saturated carbocycles. The van der Waals surface area contributed by atoms with Crippen molar-refractivity contribution in [3.8, 4) is 0 Å². The second kappa shape index (κ2) is 5.14. The first-order valence-corrected chi connectivity index (χ1v) is 6.43. The van der Waals surface area contributed by atoms with E-state index < -0.39 is 0 Å². The third-order valence-electron chi connectivity index (χ3n) is 3.81. The predicted molar refractivity (Wildman–Crippen MR) is 65.3 cm³/mol. The lowest BCUT2D eigenvalue weighted by Crippen LogP contribution is -2.39. The number of rotatable bonds is 7. The highest BCUT2D eigenvalue weighted by Crippen LogP contribution is 2.46. The molecule has 1 fully saturated rings. The lowest BCUT2D eigenvalue weighted by atomic mass is 9.80. The normalized spacial score (nSPS) is 19.2. The minimum absolute atomic E-state index is 0.146. The van der Waals surface area contributed by atoms with Gasteiger partial charge in [-0.25, -0.2) is 4.98 Å². The molecule has 0 aromatic carbocycles. The number of aliphatic hydroxyl groups is 1. The van der Waals surface area contributed by atoms with E-state index in [4.69, 9.17) is 5.73 Å². The molecule has 0 bridgehead atoms. The van der Waals surface area contributed by atoms with Gasteiger partial charge in [-0.05, 0) is 25.2 Å². The van der Waals surface area contributed by atoms with Crippen molar-refractivity contribution in [3.05, 3.63) is 12.2 Å². The van der Waals surface area contributed by atoms with Crippen LogP contribution in [-0.4, -0.2) is 33.0 Å². The Kier molecular flexibility index (Phi) is 3.79. The van der Waals surface area contributed by atoms with Gasteiger partial charge in [0.15, 0.2) is 0 Å². The van der Waals surface area contributed by atoms with E-state index >= 15 is 0 Å². The van der Waals surface area contributed by atoms with E-state index in [1.807, 2.05) is 4.68 Å². The van der Waals surface area contributed by atoms with Gasteiger partial charge in [0.05, 0.1) is 6.61 Å². The monoisotopic (exact) mass is 238 g/mol. The molecule has 5 heteroatoms. The van der Waals surface area contributed by atoms with Crippen LogP contribution in [0.3, 0.4) is 0 Å². The molecular formula is C12H22N4O. The molecule has 0 spiro atoms. The van der Waals surface area contributed by atoms with Crippen molar-refractivity contribution in [3.63, 3.8) is 0 Å². The molecule has 5 nitrogen and oxygen atoms in total. The molecule has 1 unspecified atom stereocenters. The summed E-state index contributed by atoms with van der Waals surface area (Å²) in [5.41, 5.74) is 5.70. The summed E-state index contributed by atoms with van der Waals surface area (Å²) in [6.45, 7) is 3.67. The van der Waals surface area contributed by atoms with E-state index in [1.165, 1.54) is 12.8 Å². The zero-order chi connectivity index (χ0) is 12.3. The second-order valence-corrected chi connectivity index (χ2v) is 5.08. The molecule has 1 aromatic heterocycles. The highest BCUT2D eigenvalue weighted by molar-refractivity contribution is 5.02. The molecule has 0 amide bonds. The van der Waals surface area contributed by atoms with Crippen LogP contribution >= 0.6 is 0 Å². The number of nitrogens with zero attached hydrogens (tertiary/aromatic N) is 3. The summed E-state index contributed by atoms with van der Waals surface area (Å²) >= 11 is 0. The van der Waals surface area contributed by atoms with E-state index in [0.717, 1.165) is 25.2 Å². The molecule has 96 valence electrons. The quantitative estimate of drug-likeness (QED) is 0.728. The highest BCUT2D eigenvalue weighted by atomic mass is 16.3. The maximum Gasteiger partial charge on any atom is 0.138 e. The van der Waals surface area contributed by atoms with E-state index in [-0.39, 0.29) is 12.0 Å². The zero-order valence-corrected chi connectivity index (χ0v) is 10.5. The van der Waals surface area contributed by atoms with E-state index in [9.17, 15) is 5.11 Å². The van der Waals surface area contributed by atoms with Crippen molar-refractivity contribution in [2.45, 2.75) is 39.2 Å². The van der Waals surface area contributed by atoms with Crippen molar-refractivity contribution in [1.29, 1.82) is 0 Å². The lowest BCUT2D eigenvalue weighted by Gasteiger charge is -2.30. The van der Waals surface area contributed by atoms with Gasteiger partial charge >= 0.3 is 0 Å². The standard InChI is InChI=1S/C12H22N4O/c1-2-5-16-11(14-9-15-16)6-12(7-13,8-17)10-3-4-10/h9-10,17H,2-8,13H2,1H3. The summed E-state index contributed by atoms with van der Waals surface area (Å²) < 4.78 is 1.93. The summed E-state index contributed by atoms with van der Waals surface area (Å²) in [5.74, 6) is 1.52. The van der Waals surface area contributed by atoms with Crippen LogP contribution in [0.2, 0.25) is 0 Å². The molecule has 1 aliphatic carbocycles. The number of aryl methyl sites for hydroxylation is 1. The van der Waals surface area contributed by atoms with Crippen LogP contribution in [-0.2, 0) is 13.0 Å². The Hall–Kier alpha value is -0.940. The van der Waals surface area contributed by atoms with Crippen LogP contribution in [0.4, 0.5) is 0 Å². The largest absolute Gasteiger partial charge is 0.396 e. The Morgan fingerprint density at radius 1 is 1.59 bits per heavy atom. The Morgan fingerprint density at radius 3 is 2.88 bits per heavy atom. The maximum absolute atomic E-state index is 9.67. The molecule has 1 atom stereocenters. The van der Waals surface area contributed by atoms with E-state index in [2.05, 4.69) is 17.0 Å². The van der Waals surface area contributed by atoms with Gasteiger partial charge in [0.2, 0.25) is 0 Å². The Morgan fingerprint density at radius 2 is 2.35 bits per heavy atom. The van der Waals surface area contributed by atoms with Gasteiger partial charge in [0.1, 0.15) is 12.2 Å². The summed E-state index contributed by atoms with van der Waals surface area (Å²) in [7, 11) is 0. The Bertz CT molecular complexity index is 355. The highest BCUT2D eigenvalue weighted by Gasteiger charge is 2.44. The zero-order valence-electron chi connectivity index (χ0n) is 10.5. The number of aromatic nitrogens is 3. The first-order valence-electron chi connectivity index (χ1n) is 6.43. The van der Waals surface area contributed by atoms with Crippen LogP contribution in [0.1, 0.15) is 32.0 Å². The van der Waals surface area contributed by atoms with Gasteiger partial charge < -0.3 is 10.8 Å². The fraction of sp³-hybridized carbons (Fsp3) is 0.833. The van der Waals surface area contributed by atoms with Crippen LogP contribution in [0, 0.1) is 11.3 Å². The molecule has 1 aliphatic rings. The lowest BCUT2D eigenvalue weighted by molar-refractivity contribution is 0.105. The van der Waals surface area contributed by atoms with Crippen LogP contribution in [0.15, 0.2) is 6.33 Å². The SMILES string of the molecule is CCCn1ncnc1CC(CN)(CO)C1CC1. The average Bonchev–Trinajstić information content (AvgIpc) is 3.11. The predicted octanol–water partition coefficient (Wildman–Crippen LogP) is 0.578. The fourth-order valence-electron chi connectivity index (χ4n) is 2.47. The molecule has 1 heterocycles.